The molecule has 0 aliphatic carbocycles. The van der Waals surface area contributed by atoms with Crippen LogP contribution in [0.5, 0.6) is 0 Å². The van der Waals surface area contributed by atoms with E-state index in [-0.39, 0.29) is 0 Å². The quantitative estimate of drug-likeness (QED) is 0.613. The average Bonchev–Trinajstić information content (AvgIpc) is 2.58. The van der Waals surface area contributed by atoms with Crippen LogP contribution < -0.4 is 5.32 Å². The Morgan fingerprint density at radius 1 is 1.09 bits per heavy atom. The molecule has 2 fully saturated rings. The first-order chi connectivity index (χ1) is 5.47. The molecule has 0 aromatic carbocycles. The lowest BCUT2D eigenvalue weighted by Crippen LogP contribution is -2.33. The van der Waals surface area contributed by atoms with Crippen LogP contribution in [0.4, 0.5) is 0 Å². The standard InChI is InChI=1S/C9H17NO/c1-2-9(11-7-1)8-3-5-10-6-4-8/h8-10H,1-7H2. The second-order valence-corrected chi connectivity index (χ2v) is 3.64. The van der Waals surface area contributed by atoms with Gasteiger partial charge in [-0.15, -0.1) is 0 Å². The van der Waals surface area contributed by atoms with Crippen molar-refractivity contribution in [1.82, 2.24) is 5.32 Å². The molecule has 0 aromatic heterocycles. The van der Waals surface area contributed by atoms with Crippen LogP contribution in [0.25, 0.3) is 0 Å². The van der Waals surface area contributed by atoms with E-state index in [2.05, 4.69) is 5.32 Å². The van der Waals surface area contributed by atoms with Crippen LogP contribution in [0.15, 0.2) is 0 Å². The molecule has 2 rings (SSSR count). The Morgan fingerprint density at radius 2 is 1.91 bits per heavy atom. The molecule has 0 bridgehead atoms. The van der Waals surface area contributed by atoms with Gasteiger partial charge in [0.25, 0.3) is 0 Å². The molecule has 2 aliphatic heterocycles. The average molecular weight is 155 g/mol. The SMILES string of the molecule is C1COC(C2CCNCC2)C1. The Labute approximate surface area is 68.3 Å². The maximum atomic E-state index is 5.66. The van der Waals surface area contributed by atoms with E-state index in [1.54, 1.807) is 0 Å². The van der Waals surface area contributed by atoms with Crippen LogP contribution in [0, 0.1) is 5.92 Å². The maximum absolute atomic E-state index is 5.66. The number of rotatable bonds is 1. The molecule has 0 amide bonds. The summed E-state index contributed by atoms with van der Waals surface area (Å²) in [6, 6.07) is 0. The van der Waals surface area contributed by atoms with Gasteiger partial charge in [0.05, 0.1) is 6.10 Å². The monoisotopic (exact) mass is 155 g/mol. The van der Waals surface area contributed by atoms with Gasteiger partial charge in [-0.1, -0.05) is 0 Å². The summed E-state index contributed by atoms with van der Waals surface area (Å²) in [5, 5.41) is 3.38. The van der Waals surface area contributed by atoms with Crippen molar-refractivity contribution >= 4 is 0 Å². The topological polar surface area (TPSA) is 21.3 Å². The zero-order valence-electron chi connectivity index (χ0n) is 7.01. The van der Waals surface area contributed by atoms with Gasteiger partial charge < -0.3 is 10.1 Å². The normalized spacial score (nSPS) is 34.4. The molecule has 1 N–H and O–H groups in total. The molecule has 2 heteroatoms. The largest absolute Gasteiger partial charge is 0.378 e. The Hall–Kier alpha value is -0.0800. The van der Waals surface area contributed by atoms with Crippen molar-refractivity contribution in [2.45, 2.75) is 31.8 Å². The Morgan fingerprint density at radius 3 is 2.55 bits per heavy atom. The van der Waals surface area contributed by atoms with Gasteiger partial charge in [-0.25, -0.2) is 0 Å². The van der Waals surface area contributed by atoms with Gasteiger partial charge in [0.2, 0.25) is 0 Å². The molecule has 64 valence electrons. The minimum absolute atomic E-state index is 0.608. The van der Waals surface area contributed by atoms with Gasteiger partial charge in [0.15, 0.2) is 0 Å². The summed E-state index contributed by atoms with van der Waals surface area (Å²) in [6.45, 7) is 3.41. The Kier molecular flexibility index (Phi) is 2.44. The molecule has 1 unspecified atom stereocenters. The third kappa shape index (κ3) is 1.74. The van der Waals surface area contributed by atoms with Crippen molar-refractivity contribution in [3.05, 3.63) is 0 Å². The van der Waals surface area contributed by atoms with Crippen molar-refractivity contribution in [2.75, 3.05) is 19.7 Å². The van der Waals surface area contributed by atoms with Crippen molar-refractivity contribution in [2.24, 2.45) is 5.92 Å². The van der Waals surface area contributed by atoms with Gasteiger partial charge in [0.1, 0.15) is 0 Å². The molecule has 2 nitrogen and oxygen atoms in total. The smallest absolute Gasteiger partial charge is 0.0605 e. The Balaban J connectivity index is 1.82. The van der Waals surface area contributed by atoms with Crippen LogP contribution in [0.2, 0.25) is 0 Å². The Bertz CT molecular complexity index is 115. The van der Waals surface area contributed by atoms with Crippen LogP contribution >= 0.6 is 0 Å². The summed E-state index contributed by atoms with van der Waals surface area (Å²) in [5.41, 5.74) is 0. The van der Waals surface area contributed by atoms with Gasteiger partial charge in [-0.05, 0) is 44.7 Å². The predicted octanol–water partition coefficient (Wildman–Crippen LogP) is 1.16. The van der Waals surface area contributed by atoms with Gasteiger partial charge >= 0.3 is 0 Å². The van der Waals surface area contributed by atoms with E-state index in [1.165, 1.54) is 38.8 Å². The molecule has 0 spiro atoms. The number of hydrogen-bond acceptors (Lipinski definition) is 2. The first kappa shape index (κ1) is 7.56. The van der Waals surface area contributed by atoms with E-state index in [1.807, 2.05) is 0 Å². The third-order valence-corrected chi connectivity index (χ3v) is 2.87. The molecule has 0 saturated carbocycles. The van der Waals surface area contributed by atoms with E-state index < -0.39 is 0 Å². The van der Waals surface area contributed by atoms with Crippen LogP contribution in [0.1, 0.15) is 25.7 Å². The highest BCUT2D eigenvalue weighted by Gasteiger charge is 2.26. The molecule has 0 radical (unpaired) electrons. The van der Waals surface area contributed by atoms with Crippen molar-refractivity contribution in [3.63, 3.8) is 0 Å². The number of ether oxygens (including phenoxy) is 1. The lowest BCUT2D eigenvalue weighted by Gasteiger charge is -2.27. The van der Waals surface area contributed by atoms with Crippen molar-refractivity contribution in [1.29, 1.82) is 0 Å². The lowest BCUT2D eigenvalue weighted by molar-refractivity contribution is 0.0505. The second kappa shape index (κ2) is 3.55. The van der Waals surface area contributed by atoms with E-state index in [4.69, 9.17) is 4.74 Å². The fraction of sp³-hybridized carbons (Fsp3) is 1.00. The maximum Gasteiger partial charge on any atom is 0.0605 e. The second-order valence-electron chi connectivity index (χ2n) is 3.64. The number of piperidine rings is 1. The molecule has 2 aliphatic rings. The third-order valence-electron chi connectivity index (χ3n) is 2.87. The van der Waals surface area contributed by atoms with Gasteiger partial charge in [0, 0.05) is 6.61 Å². The van der Waals surface area contributed by atoms with Crippen LogP contribution in [0.3, 0.4) is 0 Å². The fourth-order valence-electron chi connectivity index (χ4n) is 2.19. The van der Waals surface area contributed by atoms with E-state index in [9.17, 15) is 0 Å². The first-order valence-electron chi connectivity index (χ1n) is 4.79. The van der Waals surface area contributed by atoms with Gasteiger partial charge in [-0.2, -0.15) is 0 Å². The lowest BCUT2D eigenvalue weighted by atomic mass is 9.91. The molecule has 1 atom stereocenters. The van der Waals surface area contributed by atoms with Crippen LogP contribution in [-0.2, 0) is 4.74 Å². The predicted molar refractivity (Wildman–Crippen MR) is 44.6 cm³/mol. The fourth-order valence-corrected chi connectivity index (χ4v) is 2.19. The summed E-state index contributed by atoms with van der Waals surface area (Å²) in [6.07, 6.45) is 5.85. The highest BCUT2D eigenvalue weighted by atomic mass is 16.5. The highest BCUT2D eigenvalue weighted by Crippen LogP contribution is 2.26. The summed E-state index contributed by atoms with van der Waals surface area (Å²) in [4.78, 5) is 0. The number of hydrogen-bond donors (Lipinski definition) is 1. The van der Waals surface area contributed by atoms with E-state index >= 15 is 0 Å². The summed E-state index contributed by atoms with van der Waals surface area (Å²) in [5.74, 6) is 0.860. The van der Waals surface area contributed by atoms with Crippen molar-refractivity contribution in [3.8, 4) is 0 Å². The van der Waals surface area contributed by atoms with Crippen molar-refractivity contribution < 1.29 is 4.74 Å². The minimum Gasteiger partial charge on any atom is -0.378 e. The minimum atomic E-state index is 0.608. The highest BCUT2D eigenvalue weighted by molar-refractivity contribution is 4.78. The zero-order valence-corrected chi connectivity index (χ0v) is 7.01. The summed E-state index contributed by atoms with van der Waals surface area (Å²) >= 11 is 0. The molecule has 2 heterocycles. The summed E-state index contributed by atoms with van der Waals surface area (Å²) in [7, 11) is 0. The summed E-state index contributed by atoms with van der Waals surface area (Å²) < 4.78 is 5.66. The molecule has 2 saturated heterocycles. The molecular weight excluding hydrogens is 138 g/mol. The van der Waals surface area contributed by atoms with E-state index in [0.29, 0.717) is 6.10 Å². The molecular formula is C9H17NO. The van der Waals surface area contributed by atoms with E-state index in [0.717, 1.165) is 12.5 Å². The number of nitrogens with one attached hydrogen (secondary N) is 1. The molecule has 11 heavy (non-hydrogen) atoms. The van der Waals surface area contributed by atoms with Crippen LogP contribution in [-0.4, -0.2) is 25.8 Å². The van der Waals surface area contributed by atoms with Gasteiger partial charge in [-0.3, -0.25) is 0 Å². The zero-order chi connectivity index (χ0) is 7.52. The first-order valence-corrected chi connectivity index (χ1v) is 4.79. The molecule has 0 aromatic rings.